The van der Waals surface area contributed by atoms with Crippen LogP contribution in [0.3, 0.4) is 0 Å². The van der Waals surface area contributed by atoms with Crippen molar-refractivity contribution in [3.8, 4) is 11.1 Å². The summed E-state index contributed by atoms with van der Waals surface area (Å²) < 4.78 is 5.76. The summed E-state index contributed by atoms with van der Waals surface area (Å²) in [7, 11) is 0. The largest absolute Gasteiger partial charge is 0.448 e. The van der Waals surface area contributed by atoms with Gasteiger partial charge in [0.2, 0.25) is 0 Å². The predicted molar refractivity (Wildman–Crippen MR) is 103 cm³/mol. The van der Waals surface area contributed by atoms with Crippen LogP contribution >= 0.6 is 0 Å². The zero-order valence-corrected chi connectivity index (χ0v) is 15.1. The number of carbonyl (C=O) groups excluding carboxylic acids is 1. The Balaban J connectivity index is 1.45. The van der Waals surface area contributed by atoms with Crippen LogP contribution in [0.25, 0.3) is 11.1 Å². The third-order valence-electron chi connectivity index (χ3n) is 5.69. The molecule has 2 aliphatic rings. The van der Waals surface area contributed by atoms with E-state index in [9.17, 15) is 4.79 Å². The smallest absolute Gasteiger partial charge is 0.409 e. The highest BCUT2D eigenvalue weighted by atomic mass is 16.6. The number of benzene rings is 2. The fraction of sp³-hybridized carbons (Fsp3) is 0.409. The van der Waals surface area contributed by atoms with Gasteiger partial charge in [-0.3, -0.25) is 0 Å². The van der Waals surface area contributed by atoms with E-state index in [0.717, 1.165) is 32.4 Å². The van der Waals surface area contributed by atoms with Crippen LogP contribution in [0.2, 0.25) is 0 Å². The minimum Gasteiger partial charge on any atom is -0.448 e. The average molecular weight is 350 g/mol. The van der Waals surface area contributed by atoms with Gasteiger partial charge in [-0.25, -0.2) is 4.79 Å². The Morgan fingerprint density at radius 1 is 1.08 bits per heavy atom. The summed E-state index contributed by atoms with van der Waals surface area (Å²) in [5.41, 5.74) is 10.7. The Morgan fingerprint density at radius 3 is 2.38 bits per heavy atom. The van der Waals surface area contributed by atoms with E-state index < -0.39 is 0 Å². The maximum Gasteiger partial charge on any atom is 0.409 e. The second-order valence-corrected chi connectivity index (χ2v) is 7.34. The van der Waals surface area contributed by atoms with Crippen LogP contribution in [0.1, 0.15) is 36.3 Å². The molecule has 0 saturated carbocycles. The van der Waals surface area contributed by atoms with Gasteiger partial charge in [-0.05, 0) is 54.0 Å². The number of piperidine rings is 1. The Morgan fingerprint density at radius 2 is 1.73 bits per heavy atom. The standard InChI is InChI=1S/C22H26N2O2/c23-12-11-16-6-5-13-24(14-16)22(25)26-15-21-19-9-3-1-7-17(19)18-8-2-4-10-20(18)21/h1-4,7-10,16,21H,5-6,11-15,23H2/t16-/m1/s1. The minimum atomic E-state index is -0.186. The summed E-state index contributed by atoms with van der Waals surface area (Å²) in [6.07, 6.45) is 2.99. The van der Waals surface area contributed by atoms with Gasteiger partial charge in [-0.1, -0.05) is 48.5 Å². The van der Waals surface area contributed by atoms with Crippen LogP contribution in [0.4, 0.5) is 4.79 Å². The summed E-state index contributed by atoms with van der Waals surface area (Å²) in [5.74, 6) is 0.630. The van der Waals surface area contributed by atoms with E-state index in [1.165, 1.54) is 22.3 Å². The number of likely N-dealkylation sites (tertiary alicyclic amines) is 1. The molecule has 1 fully saturated rings. The molecule has 4 rings (SSSR count). The number of nitrogens with two attached hydrogens (primary N) is 1. The lowest BCUT2D eigenvalue weighted by atomic mass is 9.95. The van der Waals surface area contributed by atoms with Crippen molar-refractivity contribution >= 4 is 6.09 Å². The molecule has 0 aromatic heterocycles. The van der Waals surface area contributed by atoms with Gasteiger partial charge in [0.05, 0.1) is 0 Å². The molecule has 1 heterocycles. The van der Waals surface area contributed by atoms with Gasteiger partial charge in [0, 0.05) is 19.0 Å². The summed E-state index contributed by atoms with van der Waals surface area (Å²) in [5, 5.41) is 0. The van der Waals surface area contributed by atoms with Crippen LogP contribution in [0.5, 0.6) is 0 Å². The van der Waals surface area contributed by atoms with E-state index in [4.69, 9.17) is 10.5 Å². The lowest BCUT2D eigenvalue weighted by Gasteiger charge is -2.32. The molecule has 2 aromatic rings. The number of fused-ring (bicyclic) bond motifs is 3. The summed E-state index contributed by atoms with van der Waals surface area (Å²) in [6, 6.07) is 16.8. The second-order valence-electron chi connectivity index (χ2n) is 7.34. The molecule has 0 unspecified atom stereocenters. The van der Waals surface area contributed by atoms with Crippen LogP contribution in [0, 0.1) is 5.92 Å². The fourth-order valence-electron chi connectivity index (χ4n) is 4.39. The van der Waals surface area contributed by atoms with Crippen molar-refractivity contribution in [3.05, 3.63) is 59.7 Å². The van der Waals surface area contributed by atoms with Gasteiger partial charge in [-0.2, -0.15) is 0 Å². The lowest BCUT2D eigenvalue weighted by molar-refractivity contribution is 0.0815. The highest BCUT2D eigenvalue weighted by Gasteiger charge is 2.30. The van der Waals surface area contributed by atoms with Crippen molar-refractivity contribution in [2.75, 3.05) is 26.2 Å². The molecule has 2 N–H and O–H groups in total. The summed E-state index contributed by atoms with van der Waals surface area (Å²) in [6.45, 7) is 2.64. The Bertz CT molecular complexity index is 742. The van der Waals surface area contributed by atoms with Crippen molar-refractivity contribution in [2.45, 2.75) is 25.2 Å². The van der Waals surface area contributed by atoms with Gasteiger partial charge in [0.25, 0.3) is 0 Å². The molecule has 0 radical (unpaired) electrons. The first-order chi connectivity index (χ1) is 12.8. The average Bonchev–Trinajstić information content (AvgIpc) is 3.01. The minimum absolute atomic E-state index is 0.121. The van der Waals surface area contributed by atoms with Gasteiger partial charge in [0.1, 0.15) is 6.61 Å². The first kappa shape index (κ1) is 17.1. The topological polar surface area (TPSA) is 55.6 Å². The number of ether oxygens (including phenoxy) is 1. The molecule has 26 heavy (non-hydrogen) atoms. The molecule has 2 aromatic carbocycles. The third kappa shape index (κ3) is 3.21. The molecule has 4 nitrogen and oxygen atoms in total. The van der Waals surface area contributed by atoms with E-state index >= 15 is 0 Å². The SMILES string of the molecule is NCC[C@H]1CCCN(C(=O)OCC2c3ccccc3-c3ccccc32)C1. The molecular formula is C22H26N2O2. The predicted octanol–water partition coefficient (Wildman–Crippen LogP) is 4.00. The zero-order chi connectivity index (χ0) is 17.9. The molecular weight excluding hydrogens is 324 g/mol. The van der Waals surface area contributed by atoms with Crippen molar-refractivity contribution in [1.82, 2.24) is 4.90 Å². The third-order valence-corrected chi connectivity index (χ3v) is 5.69. The molecule has 136 valence electrons. The Kier molecular flexibility index (Phi) is 4.93. The normalized spacial score (nSPS) is 19.1. The van der Waals surface area contributed by atoms with Crippen LogP contribution < -0.4 is 5.73 Å². The molecule has 4 heteroatoms. The summed E-state index contributed by atoms with van der Waals surface area (Å²) >= 11 is 0. The Labute approximate surface area is 155 Å². The maximum absolute atomic E-state index is 12.6. The quantitative estimate of drug-likeness (QED) is 0.907. The first-order valence-electron chi connectivity index (χ1n) is 9.58. The first-order valence-corrected chi connectivity index (χ1v) is 9.58. The number of carbonyl (C=O) groups is 1. The van der Waals surface area contributed by atoms with Crippen LogP contribution in [0.15, 0.2) is 48.5 Å². The van der Waals surface area contributed by atoms with Crippen molar-refractivity contribution in [3.63, 3.8) is 0 Å². The number of hydrogen-bond donors (Lipinski definition) is 1. The van der Waals surface area contributed by atoms with Crippen LogP contribution in [-0.4, -0.2) is 37.2 Å². The van der Waals surface area contributed by atoms with Crippen LogP contribution in [-0.2, 0) is 4.74 Å². The molecule has 1 aliphatic heterocycles. The molecule has 1 aliphatic carbocycles. The van der Waals surface area contributed by atoms with E-state index in [-0.39, 0.29) is 12.0 Å². The van der Waals surface area contributed by atoms with Gasteiger partial charge < -0.3 is 15.4 Å². The molecule has 1 atom stereocenters. The van der Waals surface area contributed by atoms with Crippen molar-refractivity contribution in [2.24, 2.45) is 11.7 Å². The molecule has 0 spiro atoms. The van der Waals surface area contributed by atoms with Crippen molar-refractivity contribution < 1.29 is 9.53 Å². The van der Waals surface area contributed by atoms with E-state index in [1.807, 2.05) is 4.90 Å². The second kappa shape index (κ2) is 7.50. The number of amides is 1. The number of hydrogen-bond acceptors (Lipinski definition) is 3. The van der Waals surface area contributed by atoms with Gasteiger partial charge in [0.15, 0.2) is 0 Å². The van der Waals surface area contributed by atoms with E-state index in [1.54, 1.807) is 0 Å². The highest BCUT2D eigenvalue weighted by Crippen LogP contribution is 2.44. The Hall–Kier alpha value is -2.33. The van der Waals surface area contributed by atoms with Gasteiger partial charge in [-0.15, -0.1) is 0 Å². The number of rotatable bonds is 4. The maximum atomic E-state index is 12.6. The zero-order valence-electron chi connectivity index (χ0n) is 15.1. The summed E-state index contributed by atoms with van der Waals surface area (Å²) in [4.78, 5) is 14.5. The van der Waals surface area contributed by atoms with Crippen molar-refractivity contribution in [1.29, 1.82) is 0 Å². The monoisotopic (exact) mass is 350 g/mol. The van der Waals surface area contributed by atoms with Gasteiger partial charge >= 0.3 is 6.09 Å². The van der Waals surface area contributed by atoms with E-state index in [0.29, 0.717) is 19.1 Å². The van der Waals surface area contributed by atoms with E-state index in [2.05, 4.69) is 48.5 Å². The fourth-order valence-corrected chi connectivity index (χ4v) is 4.39. The lowest BCUT2D eigenvalue weighted by Crippen LogP contribution is -2.41. The molecule has 1 amide bonds. The number of nitrogens with zero attached hydrogens (tertiary/aromatic N) is 1. The molecule has 0 bridgehead atoms. The molecule has 1 saturated heterocycles. The highest BCUT2D eigenvalue weighted by molar-refractivity contribution is 5.79.